The lowest BCUT2D eigenvalue weighted by Crippen LogP contribution is -2.40. The van der Waals surface area contributed by atoms with Gasteiger partial charge in [0.05, 0.1) is 23.4 Å². The van der Waals surface area contributed by atoms with E-state index in [-0.39, 0.29) is 47.9 Å². The first-order valence-electron chi connectivity index (χ1n) is 13.7. The molecule has 1 aliphatic rings. The molecule has 1 amide bonds. The van der Waals surface area contributed by atoms with Crippen LogP contribution in [0.25, 0.3) is 22.6 Å². The van der Waals surface area contributed by atoms with Crippen molar-refractivity contribution < 1.29 is 18.0 Å². The van der Waals surface area contributed by atoms with Crippen LogP contribution in [0.1, 0.15) is 50.3 Å². The van der Waals surface area contributed by atoms with Gasteiger partial charge in [0.2, 0.25) is 5.91 Å². The Kier molecular flexibility index (Phi) is 7.62. The van der Waals surface area contributed by atoms with Gasteiger partial charge in [-0.15, -0.1) is 0 Å². The molecule has 13 heteroatoms. The van der Waals surface area contributed by atoms with Gasteiger partial charge in [0, 0.05) is 45.2 Å². The normalized spacial score (nSPS) is 16.4. The summed E-state index contributed by atoms with van der Waals surface area (Å²) in [5.74, 6) is -0.0472. The Balaban J connectivity index is 1.60. The number of alkyl halides is 3. The molecule has 0 radical (unpaired) electrons. The molecule has 1 aromatic carbocycles. The molecule has 4 aromatic rings. The molecule has 218 valence electrons. The van der Waals surface area contributed by atoms with Crippen LogP contribution in [-0.4, -0.2) is 40.9 Å². The first-order valence-corrected chi connectivity index (χ1v) is 13.7. The lowest BCUT2D eigenvalue weighted by molar-refractivity contribution is -0.138. The summed E-state index contributed by atoms with van der Waals surface area (Å²) in [5, 5.41) is 7.27. The topological polar surface area (TPSA) is 109 Å². The first kappa shape index (κ1) is 28.4. The van der Waals surface area contributed by atoms with Crippen LogP contribution < -0.4 is 16.6 Å². The van der Waals surface area contributed by atoms with E-state index in [1.165, 1.54) is 21.3 Å². The number of imidazole rings is 1. The average Bonchev–Trinajstić information content (AvgIpc) is 3.66. The summed E-state index contributed by atoms with van der Waals surface area (Å²) < 4.78 is 47.3. The van der Waals surface area contributed by atoms with E-state index in [1.807, 2.05) is 13.8 Å². The van der Waals surface area contributed by atoms with Crippen molar-refractivity contribution in [3.63, 3.8) is 0 Å². The monoisotopic (exact) mass is 571 g/mol. The fourth-order valence-corrected chi connectivity index (χ4v) is 5.68. The van der Waals surface area contributed by atoms with Gasteiger partial charge in [0.1, 0.15) is 5.82 Å². The fourth-order valence-electron chi connectivity index (χ4n) is 5.68. The van der Waals surface area contributed by atoms with Crippen LogP contribution in [0.2, 0.25) is 0 Å². The number of nitrogens with zero attached hydrogens (tertiary/aromatic N) is 6. The molecule has 2 atom stereocenters. The van der Waals surface area contributed by atoms with E-state index >= 15 is 0 Å². The number of carbonyl (C=O) groups is 1. The van der Waals surface area contributed by atoms with Gasteiger partial charge in [-0.05, 0) is 30.9 Å². The van der Waals surface area contributed by atoms with Crippen molar-refractivity contribution in [3.8, 4) is 11.4 Å². The third-order valence-corrected chi connectivity index (χ3v) is 7.64. The van der Waals surface area contributed by atoms with Crippen molar-refractivity contribution in [2.24, 2.45) is 13.0 Å². The van der Waals surface area contributed by atoms with Crippen LogP contribution in [0.3, 0.4) is 0 Å². The Labute approximate surface area is 233 Å². The van der Waals surface area contributed by atoms with Gasteiger partial charge in [-0.3, -0.25) is 23.4 Å². The summed E-state index contributed by atoms with van der Waals surface area (Å²) in [7, 11) is 1.69. The molecule has 0 spiro atoms. The van der Waals surface area contributed by atoms with Gasteiger partial charge in [-0.2, -0.15) is 18.3 Å². The number of rotatable bonds is 9. The van der Waals surface area contributed by atoms with Crippen molar-refractivity contribution in [2.45, 2.75) is 64.8 Å². The number of benzene rings is 1. The summed E-state index contributed by atoms with van der Waals surface area (Å²) in [4.78, 5) is 43.2. The third-order valence-electron chi connectivity index (χ3n) is 7.64. The van der Waals surface area contributed by atoms with Crippen LogP contribution in [0, 0.1) is 5.92 Å². The molecule has 1 fully saturated rings. The zero-order valence-electron chi connectivity index (χ0n) is 23.1. The summed E-state index contributed by atoms with van der Waals surface area (Å²) in [6.07, 6.45) is 0.155. The van der Waals surface area contributed by atoms with E-state index < -0.39 is 29.0 Å². The molecule has 0 aliphatic carbocycles. The molecule has 3 aromatic heterocycles. The Morgan fingerprint density at radius 3 is 2.44 bits per heavy atom. The van der Waals surface area contributed by atoms with Crippen molar-refractivity contribution >= 4 is 17.1 Å². The number of fused-ring (bicyclic) bond motifs is 1. The quantitative estimate of drug-likeness (QED) is 0.331. The number of hydrogen-bond acceptors (Lipinski definition) is 5. The summed E-state index contributed by atoms with van der Waals surface area (Å²) in [5.41, 5.74) is -0.340. The van der Waals surface area contributed by atoms with Crippen LogP contribution in [0.15, 0.2) is 46.2 Å². The second-order valence-corrected chi connectivity index (χ2v) is 10.5. The molecule has 41 heavy (non-hydrogen) atoms. The van der Waals surface area contributed by atoms with Gasteiger partial charge >= 0.3 is 11.9 Å². The number of amides is 1. The molecule has 1 saturated heterocycles. The molecule has 10 nitrogen and oxygen atoms in total. The molecule has 1 aliphatic heterocycles. The second-order valence-electron chi connectivity index (χ2n) is 10.5. The smallest absolute Gasteiger partial charge is 0.356 e. The zero-order valence-corrected chi connectivity index (χ0v) is 23.1. The van der Waals surface area contributed by atoms with Gasteiger partial charge < -0.3 is 9.88 Å². The lowest BCUT2D eigenvalue weighted by Gasteiger charge is -2.24. The van der Waals surface area contributed by atoms with Crippen molar-refractivity contribution in [1.82, 2.24) is 33.8 Å². The minimum Gasteiger partial charge on any atom is -0.356 e. The van der Waals surface area contributed by atoms with Crippen LogP contribution >= 0.6 is 0 Å². The standard InChI is InChI=1S/C28H32F3N7O3/c1-4-10-36-25-23(26(40)37(11-5-2)27(36)41)35(3)24(34-25)19-15-33-38(16-19)21(18-13-22(39)32-14-18)12-17-8-6-7-9-20(17)28(29,30)31/h6-9,15-16,18,21H,4-5,10-14H2,1-3H3,(H,32,39). The predicted molar refractivity (Wildman–Crippen MR) is 146 cm³/mol. The van der Waals surface area contributed by atoms with E-state index in [1.54, 1.807) is 34.8 Å². The fraction of sp³-hybridized carbons (Fsp3) is 0.464. The number of nitrogens with one attached hydrogen (secondary N) is 1. The first-order chi connectivity index (χ1) is 19.5. The van der Waals surface area contributed by atoms with Gasteiger partial charge in [0.25, 0.3) is 5.56 Å². The third kappa shape index (κ3) is 5.20. The van der Waals surface area contributed by atoms with Crippen molar-refractivity contribution in [1.29, 1.82) is 0 Å². The average molecular weight is 572 g/mol. The molecular formula is C28H32F3N7O3. The minimum atomic E-state index is -4.52. The second kappa shape index (κ2) is 11.0. The van der Waals surface area contributed by atoms with Crippen molar-refractivity contribution in [3.05, 3.63) is 68.6 Å². The highest BCUT2D eigenvalue weighted by molar-refractivity contribution is 5.78. The summed E-state index contributed by atoms with van der Waals surface area (Å²) >= 11 is 0. The maximum absolute atomic E-state index is 13.8. The molecule has 5 rings (SSSR count). The zero-order chi connectivity index (χ0) is 29.5. The Hall–Kier alpha value is -4.16. The summed E-state index contributed by atoms with van der Waals surface area (Å²) in [6, 6.07) is 4.87. The number of aromatic nitrogens is 6. The maximum Gasteiger partial charge on any atom is 0.416 e. The molecule has 0 bridgehead atoms. The number of hydrogen-bond donors (Lipinski definition) is 1. The molecule has 1 N–H and O–H groups in total. The van der Waals surface area contributed by atoms with Gasteiger partial charge in [-0.25, -0.2) is 9.78 Å². The van der Waals surface area contributed by atoms with Gasteiger partial charge in [0.15, 0.2) is 11.2 Å². The number of halogens is 3. The SMILES string of the molecule is CCCn1c(=O)c2c(nc(-c3cnn(C(Cc4ccccc4C(F)(F)F)C4CNC(=O)C4)c3)n2C)n(CCC)c1=O. The highest BCUT2D eigenvalue weighted by atomic mass is 19.4. The van der Waals surface area contributed by atoms with Gasteiger partial charge in [-0.1, -0.05) is 32.0 Å². The molecule has 0 saturated carbocycles. The van der Waals surface area contributed by atoms with E-state index in [0.717, 1.165) is 6.07 Å². The minimum absolute atomic E-state index is 0.0107. The van der Waals surface area contributed by atoms with Crippen LogP contribution in [0.4, 0.5) is 13.2 Å². The van der Waals surface area contributed by atoms with Crippen LogP contribution in [0.5, 0.6) is 0 Å². The predicted octanol–water partition coefficient (Wildman–Crippen LogP) is 3.52. The Morgan fingerprint density at radius 2 is 1.78 bits per heavy atom. The highest BCUT2D eigenvalue weighted by Crippen LogP contribution is 2.36. The van der Waals surface area contributed by atoms with Crippen molar-refractivity contribution in [2.75, 3.05) is 6.54 Å². The maximum atomic E-state index is 13.8. The van der Waals surface area contributed by atoms with E-state index in [0.29, 0.717) is 37.3 Å². The Bertz CT molecular complexity index is 1710. The van der Waals surface area contributed by atoms with E-state index in [9.17, 15) is 27.6 Å². The van der Waals surface area contributed by atoms with E-state index in [4.69, 9.17) is 0 Å². The van der Waals surface area contributed by atoms with E-state index in [2.05, 4.69) is 15.4 Å². The lowest BCUT2D eigenvalue weighted by atomic mass is 9.90. The molecule has 4 heterocycles. The summed E-state index contributed by atoms with van der Waals surface area (Å²) in [6.45, 7) is 4.81. The highest BCUT2D eigenvalue weighted by Gasteiger charge is 2.36. The Morgan fingerprint density at radius 1 is 1.07 bits per heavy atom. The molecular weight excluding hydrogens is 539 g/mol. The molecule has 2 unspecified atom stereocenters. The number of carbonyl (C=O) groups excluding carboxylic acids is 1. The number of aryl methyl sites for hydroxylation is 2. The van der Waals surface area contributed by atoms with Crippen LogP contribution in [-0.2, 0) is 37.5 Å². The largest absolute Gasteiger partial charge is 0.416 e.